The summed E-state index contributed by atoms with van der Waals surface area (Å²) in [6.07, 6.45) is 0.944. The summed E-state index contributed by atoms with van der Waals surface area (Å²) < 4.78 is 10.4. The third-order valence-corrected chi connectivity index (χ3v) is 2.59. The second kappa shape index (κ2) is 10.0. The Kier molecular flexibility index (Phi) is 8.42. The maximum Gasteiger partial charge on any atom is 0.0681 e. The lowest BCUT2D eigenvalue weighted by Crippen LogP contribution is -2.19. The molecule has 1 rings (SSSR count). The first-order chi connectivity index (χ1) is 8.86. The van der Waals surface area contributed by atoms with Crippen LogP contribution in [-0.4, -0.2) is 38.6 Å². The van der Waals surface area contributed by atoms with Gasteiger partial charge in [0.25, 0.3) is 0 Å². The Hall–Kier alpha value is -0.940. The molecule has 0 aromatic heterocycles. The largest absolute Gasteiger partial charge is 0.392 e. The van der Waals surface area contributed by atoms with Gasteiger partial charge in [-0.05, 0) is 17.5 Å². The maximum absolute atomic E-state index is 8.92. The van der Waals surface area contributed by atoms with Gasteiger partial charge in [-0.3, -0.25) is 0 Å². The Morgan fingerprint density at radius 3 is 2.44 bits per heavy atom. The standard InChI is InChI=1S/C14H23NO3/c1-17-8-2-9-18-10-7-15-11-13-3-5-14(12-16)6-4-13/h3-6,15-16H,2,7-12H2,1H3. The van der Waals surface area contributed by atoms with E-state index in [0.29, 0.717) is 0 Å². The minimum absolute atomic E-state index is 0.100. The van der Waals surface area contributed by atoms with E-state index in [4.69, 9.17) is 14.6 Å². The smallest absolute Gasteiger partial charge is 0.0681 e. The highest BCUT2D eigenvalue weighted by atomic mass is 16.5. The number of hydrogen-bond acceptors (Lipinski definition) is 4. The fourth-order valence-electron chi connectivity index (χ4n) is 1.55. The van der Waals surface area contributed by atoms with Crippen molar-refractivity contribution in [3.05, 3.63) is 35.4 Å². The minimum atomic E-state index is 0.100. The van der Waals surface area contributed by atoms with Crippen molar-refractivity contribution in [3.8, 4) is 0 Å². The van der Waals surface area contributed by atoms with Gasteiger partial charge in [0.2, 0.25) is 0 Å². The van der Waals surface area contributed by atoms with Gasteiger partial charge in [0.05, 0.1) is 13.2 Å². The van der Waals surface area contributed by atoms with Crippen molar-refractivity contribution in [3.63, 3.8) is 0 Å². The van der Waals surface area contributed by atoms with E-state index < -0.39 is 0 Å². The van der Waals surface area contributed by atoms with Crippen LogP contribution in [0.1, 0.15) is 17.5 Å². The predicted molar refractivity (Wildman–Crippen MR) is 71.4 cm³/mol. The van der Waals surface area contributed by atoms with Crippen LogP contribution < -0.4 is 5.32 Å². The van der Waals surface area contributed by atoms with Crippen LogP contribution in [0.3, 0.4) is 0 Å². The monoisotopic (exact) mass is 253 g/mol. The molecule has 0 spiro atoms. The van der Waals surface area contributed by atoms with E-state index >= 15 is 0 Å². The molecule has 18 heavy (non-hydrogen) atoms. The summed E-state index contributed by atoms with van der Waals surface area (Å²) in [4.78, 5) is 0. The molecule has 102 valence electrons. The molecule has 1 aromatic carbocycles. The van der Waals surface area contributed by atoms with Gasteiger partial charge in [0, 0.05) is 33.4 Å². The third-order valence-electron chi connectivity index (χ3n) is 2.59. The summed E-state index contributed by atoms with van der Waals surface area (Å²) in [5, 5.41) is 12.2. The van der Waals surface area contributed by atoms with Crippen molar-refractivity contribution in [2.75, 3.05) is 33.5 Å². The van der Waals surface area contributed by atoms with E-state index in [9.17, 15) is 0 Å². The third kappa shape index (κ3) is 6.71. The molecule has 0 aliphatic carbocycles. The van der Waals surface area contributed by atoms with E-state index in [0.717, 1.165) is 44.9 Å². The number of benzene rings is 1. The second-order valence-corrected chi connectivity index (χ2v) is 4.11. The maximum atomic E-state index is 8.92. The van der Waals surface area contributed by atoms with Crippen LogP contribution in [0.4, 0.5) is 0 Å². The highest BCUT2D eigenvalue weighted by molar-refractivity contribution is 5.21. The van der Waals surface area contributed by atoms with Crippen LogP contribution >= 0.6 is 0 Å². The highest BCUT2D eigenvalue weighted by Crippen LogP contribution is 2.03. The lowest BCUT2D eigenvalue weighted by molar-refractivity contribution is 0.104. The molecule has 0 bridgehead atoms. The van der Waals surface area contributed by atoms with Crippen LogP contribution in [0.5, 0.6) is 0 Å². The van der Waals surface area contributed by atoms with E-state index in [1.807, 2.05) is 24.3 Å². The summed E-state index contributed by atoms with van der Waals surface area (Å²) in [6, 6.07) is 7.94. The number of aliphatic hydroxyl groups is 1. The lowest BCUT2D eigenvalue weighted by atomic mass is 10.1. The number of rotatable bonds is 10. The number of ether oxygens (including phenoxy) is 2. The van der Waals surface area contributed by atoms with Gasteiger partial charge in [-0.25, -0.2) is 0 Å². The van der Waals surface area contributed by atoms with Crippen LogP contribution in [0, 0.1) is 0 Å². The number of nitrogens with one attached hydrogen (secondary N) is 1. The van der Waals surface area contributed by atoms with E-state index in [2.05, 4.69) is 5.32 Å². The average Bonchev–Trinajstić information content (AvgIpc) is 2.42. The Labute approximate surface area is 109 Å². The van der Waals surface area contributed by atoms with Crippen LogP contribution in [-0.2, 0) is 22.6 Å². The molecule has 0 aliphatic rings. The van der Waals surface area contributed by atoms with Gasteiger partial charge in [0.1, 0.15) is 0 Å². The van der Waals surface area contributed by atoms with E-state index in [1.165, 1.54) is 5.56 Å². The molecule has 1 aromatic rings. The van der Waals surface area contributed by atoms with Gasteiger partial charge in [-0.15, -0.1) is 0 Å². The molecule has 0 fully saturated rings. The Balaban J connectivity index is 2.00. The lowest BCUT2D eigenvalue weighted by Gasteiger charge is -2.06. The number of hydrogen-bond donors (Lipinski definition) is 2. The van der Waals surface area contributed by atoms with Gasteiger partial charge in [-0.2, -0.15) is 0 Å². The normalized spacial score (nSPS) is 10.8. The molecule has 0 saturated heterocycles. The Bertz CT molecular complexity index is 300. The van der Waals surface area contributed by atoms with Crippen molar-refractivity contribution in [1.29, 1.82) is 0 Å². The summed E-state index contributed by atoms with van der Waals surface area (Å²) in [5.41, 5.74) is 2.16. The number of methoxy groups -OCH3 is 1. The molecule has 0 aliphatic heterocycles. The molecule has 0 saturated carbocycles. The van der Waals surface area contributed by atoms with Crippen molar-refractivity contribution in [2.45, 2.75) is 19.6 Å². The zero-order valence-corrected chi connectivity index (χ0v) is 11.0. The predicted octanol–water partition coefficient (Wildman–Crippen LogP) is 1.32. The molecule has 0 amide bonds. The average molecular weight is 253 g/mol. The number of aliphatic hydroxyl groups excluding tert-OH is 1. The van der Waals surface area contributed by atoms with Gasteiger partial charge >= 0.3 is 0 Å². The van der Waals surface area contributed by atoms with E-state index in [1.54, 1.807) is 7.11 Å². The first kappa shape index (κ1) is 15.1. The molecule has 0 heterocycles. The topological polar surface area (TPSA) is 50.7 Å². The molecular weight excluding hydrogens is 230 g/mol. The summed E-state index contributed by atoms with van der Waals surface area (Å²) >= 11 is 0. The zero-order chi connectivity index (χ0) is 13.1. The molecular formula is C14H23NO3. The SMILES string of the molecule is COCCCOCCNCc1ccc(CO)cc1. The molecule has 0 atom stereocenters. The van der Waals surface area contributed by atoms with Gasteiger partial charge < -0.3 is 19.9 Å². The molecule has 4 heteroatoms. The summed E-state index contributed by atoms with van der Waals surface area (Å²) in [5.74, 6) is 0. The molecule has 0 unspecified atom stereocenters. The van der Waals surface area contributed by atoms with Gasteiger partial charge in [-0.1, -0.05) is 24.3 Å². The Morgan fingerprint density at radius 1 is 1.06 bits per heavy atom. The second-order valence-electron chi connectivity index (χ2n) is 4.11. The molecule has 0 radical (unpaired) electrons. The highest BCUT2D eigenvalue weighted by Gasteiger charge is 1.94. The minimum Gasteiger partial charge on any atom is -0.392 e. The van der Waals surface area contributed by atoms with Crippen LogP contribution in [0.15, 0.2) is 24.3 Å². The van der Waals surface area contributed by atoms with Crippen molar-refractivity contribution in [2.24, 2.45) is 0 Å². The van der Waals surface area contributed by atoms with Crippen molar-refractivity contribution >= 4 is 0 Å². The Morgan fingerprint density at radius 2 is 1.78 bits per heavy atom. The summed E-state index contributed by atoms with van der Waals surface area (Å²) in [7, 11) is 1.70. The van der Waals surface area contributed by atoms with Crippen molar-refractivity contribution < 1.29 is 14.6 Å². The van der Waals surface area contributed by atoms with E-state index in [-0.39, 0.29) is 6.61 Å². The molecule has 2 N–H and O–H groups in total. The van der Waals surface area contributed by atoms with Crippen LogP contribution in [0.25, 0.3) is 0 Å². The first-order valence-corrected chi connectivity index (χ1v) is 6.33. The fourth-order valence-corrected chi connectivity index (χ4v) is 1.55. The van der Waals surface area contributed by atoms with Gasteiger partial charge in [0.15, 0.2) is 0 Å². The fraction of sp³-hybridized carbons (Fsp3) is 0.571. The zero-order valence-electron chi connectivity index (χ0n) is 11.0. The summed E-state index contributed by atoms with van der Waals surface area (Å²) in [6.45, 7) is 3.99. The van der Waals surface area contributed by atoms with Crippen molar-refractivity contribution in [1.82, 2.24) is 5.32 Å². The quantitative estimate of drug-likeness (QED) is 0.618. The molecule has 4 nitrogen and oxygen atoms in total. The van der Waals surface area contributed by atoms with Crippen LogP contribution in [0.2, 0.25) is 0 Å². The first-order valence-electron chi connectivity index (χ1n) is 6.33.